The lowest BCUT2D eigenvalue weighted by Gasteiger charge is -2.19. The van der Waals surface area contributed by atoms with Crippen LogP contribution in [0.5, 0.6) is 0 Å². The molecule has 0 saturated carbocycles. The van der Waals surface area contributed by atoms with Gasteiger partial charge in [0.2, 0.25) is 10.0 Å². The Bertz CT molecular complexity index is 291. The highest BCUT2D eigenvalue weighted by Gasteiger charge is 2.32. The monoisotopic (exact) mass is 215 g/mol. The normalized spacial score (nSPS) is 13.1. The Labute approximate surface area is 75.4 Å². The lowest BCUT2D eigenvalue weighted by Crippen LogP contribution is -2.44. The molecule has 0 heterocycles. The molecule has 0 aromatic heterocycles. The fourth-order valence-corrected chi connectivity index (χ4v) is 0.990. The zero-order chi connectivity index (χ0) is 10.9. The van der Waals surface area contributed by atoms with Gasteiger partial charge in [0.15, 0.2) is 0 Å². The van der Waals surface area contributed by atoms with E-state index in [2.05, 4.69) is 0 Å². The number of halogens is 2. The second-order valence-corrected chi connectivity index (χ2v) is 5.82. The Balaban J connectivity index is 4.65. The summed E-state index contributed by atoms with van der Waals surface area (Å²) in [5.74, 6) is -1.80. The van der Waals surface area contributed by atoms with Crippen LogP contribution in [-0.2, 0) is 14.8 Å². The van der Waals surface area contributed by atoms with Crippen molar-refractivity contribution < 1.29 is 22.0 Å². The van der Waals surface area contributed by atoms with E-state index in [0.717, 1.165) is 0 Å². The molecule has 0 aliphatic rings. The quantitative estimate of drug-likeness (QED) is 0.729. The van der Waals surface area contributed by atoms with Gasteiger partial charge in [-0.05, 0) is 20.8 Å². The topological polar surface area (TPSA) is 63.2 Å². The first-order valence-electron chi connectivity index (χ1n) is 3.42. The summed E-state index contributed by atoms with van der Waals surface area (Å²) in [5.41, 5.74) is 0. The maximum atomic E-state index is 11.7. The molecular formula is C6H11F2NO3S. The number of carbonyl (C=O) groups excluding carboxylic acids is 1. The number of hydrogen-bond acceptors (Lipinski definition) is 3. The number of hydrogen-bond donors (Lipinski definition) is 1. The van der Waals surface area contributed by atoms with Crippen LogP contribution in [-0.4, -0.2) is 25.5 Å². The molecule has 0 aliphatic heterocycles. The second-order valence-electron chi connectivity index (χ2n) is 3.38. The van der Waals surface area contributed by atoms with Crippen LogP contribution in [0, 0.1) is 0 Å². The molecule has 0 fully saturated rings. The van der Waals surface area contributed by atoms with Gasteiger partial charge in [-0.3, -0.25) is 4.79 Å². The fraction of sp³-hybridized carbons (Fsp3) is 0.833. The summed E-state index contributed by atoms with van der Waals surface area (Å²) in [4.78, 5) is 10.4. The molecular weight excluding hydrogens is 204 g/mol. The molecule has 0 aromatic carbocycles. The third-order valence-corrected chi connectivity index (χ3v) is 3.32. The summed E-state index contributed by atoms with van der Waals surface area (Å²) in [7, 11) is -4.02. The SMILES string of the molecule is CC(C)(C)S(=O)(=O)NC(=O)C(F)F. The van der Waals surface area contributed by atoms with Crippen LogP contribution in [0.1, 0.15) is 20.8 Å². The average molecular weight is 215 g/mol. The highest BCUT2D eigenvalue weighted by molar-refractivity contribution is 7.91. The number of carbonyl (C=O) groups is 1. The molecule has 13 heavy (non-hydrogen) atoms. The predicted molar refractivity (Wildman–Crippen MR) is 42.8 cm³/mol. The van der Waals surface area contributed by atoms with Crippen LogP contribution in [0.2, 0.25) is 0 Å². The van der Waals surface area contributed by atoms with E-state index < -0.39 is 27.1 Å². The molecule has 0 aromatic rings. The smallest absolute Gasteiger partial charge is 0.267 e. The standard InChI is InChI=1S/C6H11F2NO3S/c1-6(2,3)13(11,12)9-5(10)4(7)8/h4H,1-3H3,(H,9,10). The van der Waals surface area contributed by atoms with Crippen LogP contribution in [0.4, 0.5) is 8.78 Å². The van der Waals surface area contributed by atoms with Gasteiger partial charge in [-0.1, -0.05) is 0 Å². The van der Waals surface area contributed by atoms with Crippen molar-refractivity contribution in [2.24, 2.45) is 0 Å². The van der Waals surface area contributed by atoms with Crippen molar-refractivity contribution in [2.45, 2.75) is 31.9 Å². The Kier molecular flexibility index (Phi) is 3.37. The maximum Gasteiger partial charge on any atom is 0.316 e. The van der Waals surface area contributed by atoms with Gasteiger partial charge in [-0.15, -0.1) is 0 Å². The molecule has 1 N–H and O–H groups in total. The van der Waals surface area contributed by atoms with Gasteiger partial charge in [-0.25, -0.2) is 13.1 Å². The van der Waals surface area contributed by atoms with E-state index in [-0.39, 0.29) is 0 Å². The van der Waals surface area contributed by atoms with E-state index in [1.807, 2.05) is 0 Å². The molecule has 0 spiro atoms. The highest BCUT2D eigenvalue weighted by Crippen LogP contribution is 2.13. The molecule has 0 saturated heterocycles. The second kappa shape index (κ2) is 3.57. The van der Waals surface area contributed by atoms with Crippen LogP contribution < -0.4 is 4.72 Å². The molecule has 0 atom stereocenters. The molecule has 4 nitrogen and oxygen atoms in total. The van der Waals surface area contributed by atoms with E-state index in [1.165, 1.54) is 25.5 Å². The number of sulfonamides is 1. The van der Waals surface area contributed by atoms with Crippen molar-refractivity contribution in [1.29, 1.82) is 0 Å². The summed E-state index contributed by atoms with van der Waals surface area (Å²) in [5, 5.41) is 0. The third-order valence-electron chi connectivity index (χ3n) is 1.24. The zero-order valence-electron chi connectivity index (χ0n) is 7.47. The summed E-state index contributed by atoms with van der Waals surface area (Å²) in [6.07, 6.45) is -3.32. The minimum atomic E-state index is -4.02. The van der Waals surface area contributed by atoms with Crippen LogP contribution in [0.3, 0.4) is 0 Å². The Morgan fingerprint density at radius 2 is 1.69 bits per heavy atom. The fourth-order valence-electron chi connectivity index (χ4n) is 0.330. The van der Waals surface area contributed by atoms with Crippen LogP contribution in [0.25, 0.3) is 0 Å². The van der Waals surface area contributed by atoms with Crippen molar-refractivity contribution in [3.8, 4) is 0 Å². The van der Waals surface area contributed by atoms with Crippen LogP contribution >= 0.6 is 0 Å². The molecule has 78 valence electrons. The first kappa shape index (κ1) is 12.3. The van der Waals surface area contributed by atoms with Crippen molar-refractivity contribution in [3.05, 3.63) is 0 Å². The molecule has 7 heteroatoms. The lowest BCUT2D eigenvalue weighted by molar-refractivity contribution is -0.129. The first-order chi connectivity index (χ1) is 5.58. The van der Waals surface area contributed by atoms with Gasteiger partial charge >= 0.3 is 12.3 Å². The van der Waals surface area contributed by atoms with Gasteiger partial charge in [0.1, 0.15) is 0 Å². The number of rotatable bonds is 2. The lowest BCUT2D eigenvalue weighted by atomic mass is 10.3. The minimum Gasteiger partial charge on any atom is -0.267 e. The molecule has 0 radical (unpaired) electrons. The minimum absolute atomic E-state index is 1.28. The van der Waals surface area contributed by atoms with Gasteiger partial charge < -0.3 is 0 Å². The molecule has 0 bridgehead atoms. The third kappa shape index (κ3) is 3.25. The largest absolute Gasteiger partial charge is 0.316 e. The molecule has 0 aliphatic carbocycles. The van der Waals surface area contributed by atoms with E-state index in [9.17, 15) is 22.0 Å². The number of nitrogens with one attached hydrogen (secondary N) is 1. The van der Waals surface area contributed by atoms with Gasteiger partial charge in [0.25, 0.3) is 0 Å². The highest BCUT2D eigenvalue weighted by atomic mass is 32.2. The summed E-state index contributed by atoms with van der Waals surface area (Å²) < 4.78 is 45.5. The summed E-state index contributed by atoms with van der Waals surface area (Å²) in [6.45, 7) is 3.90. The molecule has 0 rings (SSSR count). The van der Waals surface area contributed by atoms with Gasteiger partial charge in [-0.2, -0.15) is 8.78 Å². The molecule has 0 unspecified atom stereocenters. The van der Waals surface area contributed by atoms with E-state index in [4.69, 9.17) is 0 Å². The van der Waals surface area contributed by atoms with E-state index in [0.29, 0.717) is 0 Å². The average Bonchev–Trinajstić information content (AvgIpc) is 1.83. The van der Waals surface area contributed by atoms with Gasteiger partial charge in [0, 0.05) is 0 Å². The van der Waals surface area contributed by atoms with Crippen molar-refractivity contribution in [1.82, 2.24) is 4.72 Å². The first-order valence-corrected chi connectivity index (χ1v) is 4.90. The van der Waals surface area contributed by atoms with Crippen LogP contribution in [0.15, 0.2) is 0 Å². The summed E-state index contributed by atoms with van der Waals surface area (Å²) >= 11 is 0. The van der Waals surface area contributed by atoms with E-state index in [1.54, 1.807) is 0 Å². The van der Waals surface area contributed by atoms with Crippen molar-refractivity contribution >= 4 is 15.9 Å². The van der Waals surface area contributed by atoms with Crippen molar-refractivity contribution in [3.63, 3.8) is 0 Å². The number of amides is 1. The molecule has 1 amide bonds. The van der Waals surface area contributed by atoms with Gasteiger partial charge in [0.05, 0.1) is 4.75 Å². The Morgan fingerprint density at radius 3 is 1.92 bits per heavy atom. The Hall–Kier alpha value is -0.720. The van der Waals surface area contributed by atoms with E-state index >= 15 is 0 Å². The Morgan fingerprint density at radius 1 is 1.31 bits per heavy atom. The maximum absolute atomic E-state index is 11.7. The van der Waals surface area contributed by atoms with Crippen molar-refractivity contribution in [2.75, 3.05) is 0 Å². The number of alkyl halides is 2. The predicted octanol–water partition coefficient (Wildman–Crippen LogP) is 0.496. The summed E-state index contributed by atoms with van der Waals surface area (Å²) in [6, 6.07) is 0. The zero-order valence-corrected chi connectivity index (χ0v) is 8.28.